The summed E-state index contributed by atoms with van der Waals surface area (Å²) < 4.78 is 44.5. The molecule has 0 spiro atoms. The van der Waals surface area contributed by atoms with Gasteiger partial charge in [-0.2, -0.15) is 13.2 Å². The van der Waals surface area contributed by atoms with Crippen molar-refractivity contribution in [3.63, 3.8) is 0 Å². The third kappa shape index (κ3) is 4.70. The molecule has 0 unspecified atom stereocenters. The van der Waals surface area contributed by atoms with Crippen molar-refractivity contribution in [3.8, 4) is 11.3 Å². The number of hydrogen-bond donors (Lipinski definition) is 1. The zero-order valence-electron chi connectivity index (χ0n) is 16.0. The summed E-state index contributed by atoms with van der Waals surface area (Å²) in [5, 5.41) is 3.65. The average Bonchev–Trinajstić information content (AvgIpc) is 3.32. The van der Waals surface area contributed by atoms with Crippen molar-refractivity contribution in [1.82, 2.24) is 5.32 Å². The maximum Gasteiger partial charge on any atom is 0.416 e. The van der Waals surface area contributed by atoms with E-state index in [4.69, 9.17) is 16.0 Å². The normalized spacial score (nSPS) is 16.9. The lowest BCUT2D eigenvalue weighted by atomic mass is 10.1. The molecule has 9 heteroatoms. The summed E-state index contributed by atoms with van der Waals surface area (Å²) in [7, 11) is 0. The van der Waals surface area contributed by atoms with Gasteiger partial charge in [0.15, 0.2) is 5.17 Å². The summed E-state index contributed by atoms with van der Waals surface area (Å²) in [4.78, 5) is 17.1. The van der Waals surface area contributed by atoms with Crippen molar-refractivity contribution in [2.45, 2.75) is 13.1 Å². The zero-order valence-corrected chi connectivity index (χ0v) is 17.5. The molecular weight excluding hydrogens is 449 g/mol. The van der Waals surface area contributed by atoms with Gasteiger partial charge in [-0.3, -0.25) is 4.79 Å². The van der Waals surface area contributed by atoms with E-state index in [2.05, 4.69) is 10.3 Å². The van der Waals surface area contributed by atoms with Gasteiger partial charge in [0.25, 0.3) is 5.91 Å². The molecular formula is C22H14ClF3N2O2S. The SMILES string of the molecule is Cc1c(Cl)cccc1N=C1NC(=O)/C(=C\c2ccc(-c3cccc(C(F)(F)F)c3)o2)S1. The highest BCUT2D eigenvalue weighted by Gasteiger charge is 2.30. The number of furan rings is 1. The van der Waals surface area contributed by atoms with Crippen LogP contribution in [0.3, 0.4) is 0 Å². The van der Waals surface area contributed by atoms with E-state index in [1.807, 2.05) is 6.92 Å². The number of amides is 1. The Bertz CT molecular complexity index is 1230. The number of carbonyl (C=O) groups excluding carboxylic acids is 1. The maximum absolute atomic E-state index is 12.9. The molecule has 1 N–H and O–H groups in total. The molecule has 0 radical (unpaired) electrons. The standard InChI is InChI=1S/C22H14ClF3N2O2S/c1-12-16(23)6-3-7-17(12)27-21-28-20(29)19(31-21)11-15-8-9-18(30-15)13-4-2-5-14(10-13)22(24,25)26/h2-11H,1H3,(H,27,28,29)/b19-11+. The number of hydrogen-bond acceptors (Lipinski definition) is 4. The highest BCUT2D eigenvalue weighted by atomic mass is 35.5. The monoisotopic (exact) mass is 462 g/mol. The van der Waals surface area contributed by atoms with Crippen LogP contribution in [-0.4, -0.2) is 11.1 Å². The van der Waals surface area contributed by atoms with Gasteiger partial charge >= 0.3 is 6.18 Å². The van der Waals surface area contributed by atoms with E-state index in [0.717, 1.165) is 29.5 Å². The van der Waals surface area contributed by atoms with Crippen LogP contribution in [0.2, 0.25) is 5.02 Å². The Kier molecular flexibility index (Phi) is 5.68. The van der Waals surface area contributed by atoms with Crippen LogP contribution >= 0.6 is 23.4 Å². The Morgan fingerprint density at radius 1 is 1.13 bits per heavy atom. The van der Waals surface area contributed by atoms with Crippen LogP contribution in [0.5, 0.6) is 0 Å². The number of rotatable bonds is 3. The molecule has 0 aliphatic carbocycles. The van der Waals surface area contributed by atoms with Crippen molar-refractivity contribution in [3.05, 3.63) is 81.4 Å². The molecule has 31 heavy (non-hydrogen) atoms. The van der Waals surface area contributed by atoms with E-state index in [1.165, 1.54) is 18.2 Å². The zero-order chi connectivity index (χ0) is 22.2. The lowest BCUT2D eigenvalue weighted by Gasteiger charge is -2.07. The fourth-order valence-corrected chi connectivity index (χ4v) is 3.86. The van der Waals surface area contributed by atoms with Gasteiger partial charge < -0.3 is 9.73 Å². The number of alkyl halides is 3. The largest absolute Gasteiger partial charge is 0.457 e. The van der Waals surface area contributed by atoms with Crippen LogP contribution in [0, 0.1) is 6.92 Å². The first-order valence-corrected chi connectivity index (χ1v) is 10.2. The number of carbonyl (C=O) groups is 1. The molecule has 1 fully saturated rings. The van der Waals surface area contributed by atoms with Crippen LogP contribution in [0.15, 0.2) is 68.9 Å². The summed E-state index contributed by atoms with van der Waals surface area (Å²) >= 11 is 7.23. The Morgan fingerprint density at radius 3 is 2.68 bits per heavy atom. The predicted octanol–water partition coefficient (Wildman–Crippen LogP) is 6.82. The highest BCUT2D eigenvalue weighted by molar-refractivity contribution is 8.18. The van der Waals surface area contributed by atoms with Gasteiger partial charge in [0.1, 0.15) is 11.5 Å². The Balaban J connectivity index is 1.57. The second-order valence-electron chi connectivity index (χ2n) is 6.65. The van der Waals surface area contributed by atoms with Crippen LogP contribution in [0.1, 0.15) is 16.9 Å². The van der Waals surface area contributed by atoms with Crippen molar-refractivity contribution in [1.29, 1.82) is 0 Å². The number of thioether (sulfide) groups is 1. The van der Waals surface area contributed by atoms with Gasteiger partial charge in [-0.05, 0) is 60.6 Å². The summed E-state index contributed by atoms with van der Waals surface area (Å²) in [6.45, 7) is 1.83. The van der Waals surface area contributed by atoms with Crippen LogP contribution in [0.25, 0.3) is 17.4 Å². The molecule has 2 heterocycles. The van der Waals surface area contributed by atoms with Gasteiger partial charge in [-0.25, -0.2) is 4.99 Å². The lowest BCUT2D eigenvalue weighted by molar-refractivity contribution is -0.137. The van der Waals surface area contributed by atoms with Gasteiger partial charge in [0.2, 0.25) is 0 Å². The van der Waals surface area contributed by atoms with E-state index in [9.17, 15) is 18.0 Å². The Hall–Kier alpha value is -2.97. The van der Waals surface area contributed by atoms with Gasteiger partial charge in [0.05, 0.1) is 16.2 Å². The number of aliphatic imine (C=N–C) groups is 1. The van der Waals surface area contributed by atoms with Crippen molar-refractivity contribution >= 4 is 46.2 Å². The molecule has 0 atom stereocenters. The topological polar surface area (TPSA) is 54.6 Å². The summed E-state index contributed by atoms with van der Waals surface area (Å²) in [6, 6.07) is 13.3. The smallest absolute Gasteiger partial charge is 0.416 e. The first kappa shape index (κ1) is 21.3. The maximum atomic E-state index is 12.9. The number of amidine groups is 1. The first-order chi connectivity index (χ1) is 14.7. The highest BCUT2D eigenvalue weighted by Crippen LogP contribution is 2.34. The lowest BCUT2D eigenvalue weighted by Crippen LogP contribution is -2.19. The number of nitrogens with one attached hydrogen (secondary N) is 1. The molecule has 1 aromatic heterocycles. The second kappa shape index (κ2) is 8.28. The molecule has 4 rings (SSSR count). The summed E-state index contributed by atoms with van der Waals surface area (Å²) in [5.74, 6) is 0.260. The predicted molar refractivity (Wildman–Crippen MR) is 116 cm³/mol. The van der Waals surface area contributed by atoms with E-state index in [0.29, 0.717) is 32.1 Å². The number of benzene rings is 2. The molecule has 2 aromatic carbocycles. The minimum atomic E-state index is -4.44. The summed E-state index contributed by atoms with van der Waals surface area (Å²) in [6.07, 6.45) is -2.92. The van der Waals surface area contributed by atoms with E-state index < -0.39 is 11.7 Å². The first-order valence-electron chi connectivity index (χ1n) is 9.03. The molecule has 4 nitrogen and oxygen atoms in total. The molecule has 1 aliphatic rings. The Labute approximate surface area is 184 Å². The molecule has 158 valence electrons. The van der Waals surface area contributed by atoms with Crippen molar-refractivity contribution < 1.29 is 22.4 Å². The molecule has 1 amide bonds. The Morgan fingerprint density at radius 2 is 1.90 bits per heavy atom. The number of halogens is 4. The minimum Gasteiger partial charge on any atom is -0.457 e. The number of nitrogens with zero attached hydrogens (tertiary/aromatic N) is 1. The second-order valence-corrected chi connectivity index (χ2v) is 8.08. The van der Waals surface area contributed by atoms with Crippen LogP contribution < -0.4 is 5.32 Å². The summed E-state index contributed by atoms with van der Waals surface area (Å²) in [5.41, 5.74) is 0.966. The molecule has 1 saturated heterocycles. The quantitative estimate of drug-likeness (QED) is 0.434. The van der Waals surface area contributed by atoms with E-state index in [-0.39, 0.29) is 11.7 Å². The molecule has 3 aromatic rings. The van der Waals surface area contributed by atoms with E-state index >= 15 is 0 Å². The fourth-order valence-electron chi connectivity index (χ4n) is 2.87. The minimum absolute atomic E-state index is 0.268. The van der Waals surface area contributed by atoms with Gasteiger partial charge in [-0.1, -0.05) is 29.8 Å². The van der Waals surface area contributed by atoms with Crippen LogP contribution in [0.4, 0.5) is 18.9 Å². The third-order valence-electron chi connectivity index (χ3n) is 4.49. The fraction of sp³-hybridized carbons (Fsp3) is 0.0909. The van der Waals surface area contributed by atoms with Crippen molar-refractivity contribution in [2.24, 2.45) is 4.99 Å². The third-order valence-corrected chi connectivity index (χ3v) is 5.81. The van der Waals surface area contributed by atoms with E-state index in [1.54, 1.807) is 30.3 Å². The average molecular weight is 463 g/mol. The van der Waals surface area contributed by atoms with Gasteiger partial charge in [0, 0.05) is 16.7 Å². The molecule has 0 saturated carbocycles. The van der Waals surface area contributed by atoms with Crippen molar-refractivity contribution in [2.75, 3.05) is 0 Å². The van der Waals surface area contributed by atoms with Gasteiger partial charge in [-0.15, -0.1) is 0 Å². The molecule has 1 aliphatic heterocycles. The molecule has 0 bridgehead atoms. The van der Waals surface area contributed by atoms with Crippen LogP contribution in [-0.2, 0) is 11.0 Å².